The Morgan fingerprint density at radius 1 is 1.07 bits per heavy atom. The Balaban J connectivity index is 1.58. The number of aliphatic hydroxyl groups is 1. The van der Waals surface area contributed by atoms with Crippen LogP contribution in [-0.4, -0.2) is 40.7 Å². The zero-order chi connectivity index (χ0) is 21.3. The average Bonchev–Trinajstić information content (AvgIpc) is 2.74. The maximum Gasteiger partial charge on any atom is 0.258 e. The molecule has 10 heteroatoms. The molecule has 0 saturated carbocycles. The van der Waals surface area contributed by atoms with E-state index in [0.29, 0.717) is 23.1 Å². The molecule has 1 aromatic heterocycles. The van der Waals surface area contributed by atoms with Crippen LogP contribution in [0.5, 0.6) is 5.75 Å². The van der Waals surface area contributed by atoms with Crippen LogP contribution in [0, 0.1) is 5.82 Å². The number of aromatic nitrogens is 2. The summed E-state index contributed by atoms with van der Waals surface area (Å²) in [6.45, 7) is -0.0722. The molecule has 0 aliphatic carbocycles. The van der Waals surface area contributed by atoms with Gasteiger partial charge in [0.15, 0.2) is 6.61 Å². The number of aliphatic hydroxyl groups excluding tert-OH is 1. The van der Waals surface area contributed by atoms with Crippen LogP contribution in [0.25, 0.3) is 0 Å². The summed E-state index contributed by atoms with van der Waals surface area (Å²) in [5.41, 5.74) is 1.27. The molecule has 0 aliphatic rings. The van der Waals surface area contributed by atoms with Gasteiger partial charge in [-0.2, -0.15) is 0 Å². The highest BCUT2D eigenvalue weighted by atomic mass is 35.5. The number of anilines is 4. The molecule has 1 amide bonds. The van der Waals surface area contributed by atoms with E-state index in [0.717, 1.165) is 5.69 Å². The van der Waals surface area contributed by atoms with Gasteiger partial charge in [-0.1, -0.05) is 11.6 Å². The molecule has 0 saturated heterocycles. The highest BCUT2D eigenvalue weighted by Crippen LogP contribution is 2.26. The Labute approximate surface area is 177 Å². The van der Waals surface area contributed by atoms with Crippen LogP contribution >= 0.6 is 11.6 Å². The third kappa shape index (κ3) is 6.29. The molecule has 0 fully saturated rings. The van der Waals surface area contributed by atoms with E-state index in [9.17, 15) is 9.18 Å². The summed E-state index contributed by atoms with van der Waals surface area (Å²) in [4.78, 5) is 19.8. The summed E-state index contributed by atoms with van der Waals surface area (Å²) >= 11 is 6.02. The molecule has 2 aromatic carbocycles. The zero-order valence-electron chi connectivity index (χ0n) is 15.7. The fraction of sp³-hybridized carbons (Fsp3) is 0.150. The number of halogens is 2. The van der Waals surface area contributed by atoms with Gasteiger partial charge in [0, 0.05) is 18.3 Å². The van der Waals surface area contributed by atoms with Crippen molar-refractivity contribution in [3.63, 3.8) is 0 Å². The third-order valence-corrected chi connectivity index (χ3v) is 4.10. The number of carbonyl (C=O) groups is 1. The first kappa shape index (κ1) is 21.3. The maximum atomic E-state index is 13.2. The van der Waals surface area contributed by atoms with Crippen LogP contribution in [0.3, 0.4) is 0 Å². The smallest absolute Gasteiger partial charge is 0.258 e. The minimum Gasteiger partial charge on any atom is -0.484 e. The molecule has 3 aromatic rings. The number of carbonyl (C=O) groups excluding carboxylic acids is 1. The van der Waals surface area contributed by atoms with Crippen LogP contribution in [0.1, 0.15) is 0 Å². The summed E-state index contributed by atoms with van der Waals surface area (Å²) in [6.07, 6.45) is 1.38. The predicted octanol–water partition coefficient (Wildman–Crippen LogP) is 3.24. The molecule has 0 radical (unpaired) electrons. The molecule has 1 heterocycles. The van der Waals surface area contributed by atoms with Gasteiger partial charge in [-0.25, -0.2) is 14.4 Å². The molecule has 4 N–H and O–H groups in total. The van der Waals surface area contributed by atoms with Crippen molar-refractivity contribution in [2.45, 2.75) is 0 Å². The number of nitrogens with one attached hydrogen (secondary N) is 3. The van der Waals surface area contributed by atoms with Crippen LogP contribution in [0.4, 0.5) is 27.4 Å². The molecule has 0 aliphatic heterocycles. The Bertz CT molecular complexity index is 1000. The van der Waals surface area contributed by atoms with E-state index in [1.807, 2.05) is 0 Å². The second-order valence-electron chi connectivity index (χ2n) is 6.05. The van der Waals surface area contributed by atoms with Crippen LogP contribution in [0.2, 0.25) is 5.02 Å². The van der Waals surface area contributed by atoms with E-state index in [2.05, 4.69) is 25.9 Å². The molecule has 30 heavy (non-hydrogen) atoms. The molecule has 156 valence electrons. The Kier molecular flexibility index (Phi) is 7.36. The third-order valence-electron chi connectivity index (χ3n) is 3.79. The monoisotopic (exact) mass is 431 g/mol. The van der Waals surface area contributed by atoms with Gasteiger partial charge < -0.3 is 25.8 Å². The summed E-state index contributed by atoms with van der Waals surface area (Å²) in [7, 11) is 0. The quantitative estimate of drug-likeness (QED) is 0.412. The molecule has 0 unspecified atom stereocenters. The van der Waals surface area contributed by atoms with E-state index in [1.165, 1.54) is 24.5 Å². The first-order valence-corrected chi connectivity index (χ1v) is 9.33. The predicted molar refractivity (Wildman–Crippen MR) is 112 cm³/mol. The molecule has 0 bridgehead atoms. The minimum atomic E-state index is -0.422. The summed E-state index contributed by atoms with van der Waals surface area (Å²) in [5.74, 6) is 0.802. The SMILES string of the molecule is O=C(COc1ccc(Nc2cc(Nc3ccc(F)cc3Cl)ncn2)cc1)NCCO. The fourth-order valence-corrected chi connectivity index (χ4v) is 2.61. The Morgan fingerprint density at radius 2 is 1.80 bits per heavy atom. The highest BCUT2D eigenvalue weighted by Gasteiger charge is 2.06. The van der Waals surface area contributed by atoms with Gasteiger partial charge in [0.1, 0.15) is 29.5 Å². The van der Waals surface area contributed by atoms with Gasteiger partial charge in [0.25, 0.3) is 5.91 Å². The number of ether oxygens (including phenoxy) is 1. The lowest BCUT2D eigenvalue weighted by Crippen LogP contribution is -2.31. The van der Waals surface area contributed by atoms with E-state index in [4.69, 9.17) is 21.4 Å². The lowest BCUT2D eigenvalue weighted by molar-refractivity contribution is -0.123. The van der Waals surface area contributed by atoms with E-state index >= 15 is 0 Å². The number of hydrogen-bond donors (Lipinski definition) is 4. The van der Waals surface area contributed by atoms with E-state index < -0.39 is 5.82 Å². The van der Waals surface area contributed by atoms with Crippen molar-refractivity contribution in [2.24, 2.45) is 0 Å². The Hall–Kier alpha value is -3.43. The lowest BCUT2D eigenvalue weighted by Gasteiger charge is -2.11. The summed E-state index contributed by atoms with van der Waals surface area (Å²) in [6, 6.07) is 12.7. The van der Waals surface area contributed by atoms with Gasteiger partial charge in [-0.3, -0.25) is 4.79 Å². The lowest BCUT2D eigenvalue weighted by atomic mass is 10.3. The molecule has 0 spiro atoms. The number of hydrogen-bond acceptors (Lipinski definition) is 7. The number of amides is 1. The standard InChI is InChI=1S/C20H19ClFN5O3/c21-16-9-13(22)1-6-17(16)27-19-10-18(24-12-25-19)26-14-2-4-15(5-3-14)30-11-20(29)23-7-8-28/h1-6,9-10,12,28H,7-8,11H2,(H,23,29)(H2,24,25,26,27). The van der Waals surface area contributed by atoms with Crippen LogP contribution < -0.4 is 20.7 Å². The van der Waals surface area contributed by atoms with Crippen molar-refractivity contribution in [1.29, 1.82) is 0 Å². The van der Waals surface area contributed by atoms with Gasteiger partial charge in [-0.15, -0.1) is 0 Å². The normalized spacial score (nSPS) is 10.4. The van der Waals surface area contributed by atoms with Crippen molar-refractivity contribution >= 4 is 40.5 Å². The van der Waals surface area contributed by atoms with Gasteiger partial charge >= 0.3 is 0 Å². The van der Waals surface area contributed by atoms with Gasteiger partial charge in [-0.05, 0) is 42.5 Å². The van der Waals surface area contributed by atoms with Crippen molar-refractivity contribution < 1.29 is 19.0 Å². The number of nitrogens with zero attached hydrogens (tertiary/aromatic N) is 2. The molecule has 3 rings (SSSR count). The van der Waals surface area contributed by atoms with Crippen molar-refractivity contribution in [3.8, 4) is 5.75 Å². The fourth-order valence-electron chi connectivity index (χ4n) is 2.40. The minimum absolute atomic E-state index is 0.122. The van der Waals surface area contributed by atoms with Crippen molar-refractivity contribution in [2.75, 3.05) is 30.4 Å². The Morgan fingerprint density at radius 3 is 2.50 bits per heavy atom. The first-order chi connectivity index (χ1) is 14.5. The topological polar surface area (TPSA) is 108 Å². The molecular formula is C20H19ClFN5O3. The summed E-state index contributed by atoms with van der Waals surface area (Å²) < 4.78 is 18.6. The molecular weight excluding hydrogens is 413 g/mol. The van der Waals surface area contributed by atoms with E-state index in [-0.39, 0.29) is 30.7 Å². The molecule has 8 nitrogen and oxygen atoms in total. The maximum absolute atomic E-state index is 13.2. The second kappa shape index (κ2) is 10.4. The number of rotatable bonds is 9. The van der Waals surface area contributed by atoms with Gasteiger partial charge in [0.05, 0.1) is 17.3 Å². The van der Waals surface area contributed by atoms with Gasteiger partial charge in [0.2, 0.25) is 0 Å². The van der Waals surface area contributed by atoms with Crippen LogP contribution in [-0.2, 0) is 4.79 Å². The first-order valence-electron chi connectivity index (χ1n) is 8.95. The molecule has 0 atom stereocenters. The largest absolute Gasteiger partial charge is 0.484 e. The average molecular weight is 432 g/mol. The van der Waals surface area contributed by atoms with Crippen LogP contribution in [0.15, 0.2) is 54.9 Å². The highest BCUT2D eigenvalue weighted by molar-refractivity contribution is 6.33. The van der Waals surface area contributed by atoms with Crippen molar-refractivity contribution in [3.05, 3.63) is 65.7 Å². The van der Waals surface area contributed by atoms with E-state index in [1.54, 1.807) is 30.3 Å². The summed E-state index contributed by atoms with van der Waals surface area (Å²) in [5, 5.41) is 17.6. The van der Waals surface area contributed by atoms with Crippen molar-refractivity contribution in [1.82, 2.24) is 15.3 Å². The zero-order valence-corrected chi connectivity index (χ0v) is 16.5. The number of benzene rings is 2. The second-order valence-corrected chi connectivity index (χ2v) is 6.46.